The minimum absolute atomic E-state index is 0.338. The Kier molecular flexibility index (Phi) is 3.61. The zero-order valence-electron chi connectivity index (χ0n) is 9.24. The molecule has 2 rings (SSSR count). The van der Waals surface area contributed by atoms with Crippen LogP contribution < -0.4 is 5.73 Å². The molecule has 90 valence electrons. The molecule has 1 aromatic carbocycles. The van der Waals surface area contributed by atoms with Gasteiger partial charge in [-0.25, -0.2) is 8.42 Å². The van der Waals surface area contributed by atoms with Gasteiger partial charge in [0.25, 0.3) is 0 Å². The molecule has 0 amide bonds. The van der Waals surface area contributed by atoms with Crippen LogP contribution >= 0.6 is 11.3 Å². The van der Waals surface area contributed by atoms with Crippen LogP contribution in [0.3, 0.4) is 0 Å². The van der Waals surface area contributed by atoms with E-state index in [0.717, 1.165) is 5.56 Å². The Balaban J connectivity index is 2.44. The van der Waals surface area contributed by atoms with E-state index in [0.29, 0.717) is 10.8 Å². The Bertz CT molecular complexity index is 562. The van der Waals surface area contributed by atoms with Crippen LogP contribution in [0.1, 0.15) is 10.8 Å². The molecule has 0 fully saturated rings. The van der Waals surface area contributed by atoms with Crippen molar-refractivity contribution in [3.63, 3.8) is 0 Å². The van der Waals surface area contributed by atoms with E-state index in [1.54, 1.807) is 17.5 Å². The lowest BCUT2D eigenvalue weighted by Crippen LogP contribution is -2.54. The molecule has 0 bridgehead atoms. The summed E-state index contributed by atoms with van der Waals surface area (Å²) in [7, 11) is -3.30. The standard InChI is InChI=1S/C12H13NO2S2/c13-9-11(10-5-2-1-3-6-10)17(14,15)12-7-4-8-16-12/h1-8,11H,9,13H2/p+1/t11-/m1/s1. The van der Waals surface area contributed by atoms with Gasteiger partial charge in [0.1, 0.15) is 9.46 Å². The van der Waals surface area contributed by atoms with E-state index in [1.807, 2.05) is 30.3 Å². The number of hydrogen-bond acceptors (Lipinski definition) is 3. The largest absolute Gasteiger partial charge is 0.356 e. The Morgan fingerprint density at radius 1 is 1.12 bits per heavy atom. The van der Waals surface area contributed by atoms with E-state index in [1.165, 1.54) is 11.3 Å². The predicted molar refractivity (Wildman–Crippen MR) is 68.4 cm³/mol. The molecule has 3 N–H and O–H groups in total. The van der Waals surface area contributed by atoms with Crippen molar-refractivity contribution >= 4 is 21.2 Å². The van der Waals surface area contributed by atoms with Gasteiger partial charge in [0.05, 0.1) is 6.54 Å². The molecule has 17 heavy (non-hydrogen) atoms. The van der Waals surface area contributed by atoms with E-state index in [9.17, 15) is 8.42 Å². The first-order valence-corrected chi connectivity index (χ1v) is 7.70. The Labute approximate surface area is 105 Å². The number of thiophene rings is 1. The highest BCUT2D eigenvalue weighted by atomic mass is 32.2. The van der Waals surface area contributed by atoms with Gasteiger partial charge in [0.15, 0.2) is 9.84 Å². The lowest BCUT2D eigenvalue weighted by molar-refractivity contribution is -0.367. The molecule has 1 atom stereocenters. The molecule has 0 aliphatic carbocycles. The number of benzene rings is 1. The predicted octanol–water partition coefficient (Wildman–Crippen LogP) is 1.50. The number of quaternary nitrogens is 1. The van der Waals surface area contributed by atoms with Gasteiger partial charge in [-0.15, -0.1) is 11.3 Å². The van der Waals surface area contributed by atoms with Crippen LogP contribution in [0.5, 0.6) is 0 Å². The molecule has 0 aliphatic heterocycles. The molecule has 5 heteroatoms. The molecular formula is C12H14NO2S2+. The zero-order chi connectivity index (χ0) is 12.3. The van der Waals surface area contributed by atoms with Gasteiger partial charge < -0.3 is 5.73 Å². The lowest BCUT2D eigenvalue weighted by Gasteiger charge is -2.13. The van der Waals surface area contributed by atoms with Gasteiger partial charge in [0, 0.05) is 0 Å². The molecule has 0 saturated carbocycles. The highest BCUT2D eigenvalue weighted by Crippen LogP contribution is 2.30. The summed E-state index contributed by atoms with van der Waals surface area (Å²) in [6.07, 6.45) is 0. The summed E-state index contributed by atoms with van der Waals surface area (Å²) in [5, 5.41) is 1.22. The summed E-state index contributed by atoms with van der Waals surface area (Å²) in [5.41, 5.74) is 4.57. The van der Waals surface area contributed by atoms with Crippen molar-refractivity contribution in [2.45, 2.75) is 9.46 Å². The molecule has 0 radical (unpaired) electrons. The molecular weight excluding hydrogens is 254 g/mol. The first kappa shape index (κ1) is 12.3. The van der Waals surface area contributed by atoms with Crippen LogP contribution in [0.4, 0.5) is 0 Å². The van der Waals surface area contributed by atoms with E-state index in [-0.39, 0.29) is 0 Å². The SMILES string of the molecule is [NH3+]C[C@H](c1ccccc1)S(=O)(=O)c1cccs1. The molecule has 0 spiro atoms. The van der Waals surface area contributed by atoms with Crippen LogP contribution in [-0.4, -0.2) is 15.0 Å². The minimum Gasteiger partial charge on any atom is -0.356 e. The summed E-state index contributed by atoms with van der Waals surface area (Å²) < 4.78 is 25.2. The number of hydrogen-bond donors (Lipinski definition) is 1. The highest BCUT2D eigenvalue weighted by Gasteiger charge is 2.30. The maximum atomic E-state index is 12.4. The smallest absolute Gasteiger partial charge is 0.200 e. The average Bonchev–Trinajstić information content (AvgIpc) is 2.85. The maximum absolute atomic E-state index is 12.4. The van der Waals surface area contributed by atoms with Gasteiger partial charge >= 0.3 is 0 Å². The second kappa shape index (κ2) is 5.00. The van der Waals surface area contributed by atoms with Gasteiger partial charge in [-0.05, 0) is 17.0 Å². The number of sulfone groups is 1. The van der Waals surface area contributed by atoms with E-state index < -0.39 is 15.1 Å². The van der Waals surface area contributed by atoms with Crippen LogP contribution in [-0.2, 0) is 9.84 Å². The van der Waals surface area contributed by atoms with Crippen molar-refractivity contribution < 1.29 is 14.2 Å². The van der Waals surface area contributed by atoms with Crippen molar-refractivity contribution in [1.82, 2.24) is 0 Å². The van der Waals surface area contributed by atoms with Crippen molar-refractivity contribution in [1.29, 1.82) is 0 Å². The second-order valence-corrected chi connectivity index (χ2v) is 6.97. The minimum atomic E-state index is -3.30. The Morgan fingerprint density at radius 3 is 2.35 bits per heavy atom. The fourth-order valence-corrected chi connectivity index (χ4v) is 4.61. The van der Waals surface area contributed by atoms with Crippen LogP contribution in [0, 0.1) is 0 Å². The van der Waals surface area contributed by atoms with Crippen LogP contribution in [0.15, 0.2) is 52.1 Å². The third-order valence-corrected chi connectivity index (χ3v) is 6.18. The molecule has 0 aliphatic rings. The maximum Gasteiger partial charge on any atom is 0.200 e. The Morgan fingerprint density at radius 2 is 1.82 bits per heavy atom. The summed E-state index contributed by atoms with van der Waals surface area (Å²) in [5.74, 6) is 0. The fraction of sp³-hybridized carbons (Fsp3) is 0.167. The van der Waals surface area contributed by atoms with E-state index in [4.69, 9.17) is 0 Å². The summed E-state index contributed by atoms with van der Waals surface area (Å²) in [6, 6.07) is 12.6. The highest BCUT2D eigenvalue weighted by molar-refractivity contribution is 7.93. The van der Waals surface area contributed by atoms with Crippen molar-refractivity contribution in [3.05, 3.63) is 53.4 Å². The molecule has 1 aromatic heterocycles. The van der Waals surface area contributed by atoms with Crippen molar-refractivity contribution in [2.24, 2.45) is 0 Å². The molecule has 3 nitrogen and oxygen atoms in total. The first-order valence-electron chi connectivity index (χ1n) is 5.28. The third-order valence-electron chi connectivity index (χ3n) is 2.58. The van der Waals surface area contributed by atoms with Gasteiger partial charge in [-0.1, -0.05) is 36.4 Å². The quantitative estimate of drug-likeness (QED) is 0.913. The van der Waals surface area contributed by atoms with Crippen LogP contribution in [0.25, 0.3) is 0 Å². The van der Waals surface area contributed by atoms with Crippen LogP contribution in [0.2, 0.25) is 0 Å². The molecule has 0 saturated heterocycles. The second-order valence-electron chi connectivity index (χ2n) is 3.67. The molecule has 0 unspecified atom stereocenters. The van der Waals surface area contributed by atoms with E-state index >= 15 is 0 Å². The van der Waals surface area contributed by atoms with Gasteiger partial charge in [-0.2, -0.15) is 0 Å². The fourth-order valence-electron chi connectivity index (χ4n) is 1.73. The lowest BCUT2D eigenvalue weighted by atomic mass is 10.1. The van der Waals surface area contributed by atoms with Gasteiger partial charge in [-0.3, -0.25) is 0 Å². The summed E-state index contributed by atoms with van der Waals surface area (Å²) in [6.45, 7) is 0.338. The third kappa shape index (κ3) is 2.41. The van der Waals surface area contributed by atoms with Crippen molar-refractivity contribution in [3.8, 4) is 0 Å². The normalized spacial score (nSPS) is 13.5. The zero-order valence-corrected chi connectivity index (χ0v) is 10.9. The first-order chi connectivity index (χ1) is 8.16. The Hall–Kier alpha value is -1.17. The van der Waals surface area contributed by atoms with E-state index in [2.05, 4.69) is 5.73 Å². The summed E-state index contributed by atoms with van der Waals surface area (Å²) >= 11 is 1.25. The number of rotatable bonds is 4. The van der Waals surface area contributed by atoms with Gasteiger partial charge in [0.2, 0.25) is 0 Å². The topological polar surface area (TPSA) is 61.8 Å². The summed E-state index contributed by atoms with van der Waals surface area (Å²) in [4.78, 5) is 0. The van der Waals surface area contributed by atoms with Crippen molar-refractivity contribution in [2.75, 3.05) is 6.54 Å². The molecule has 2 aromatic rings. The monoisotopic (exact) mass is 268 g/mol. The molecule has 1 heterocycles. The average molecular weight is 268 g/mol.